The number of guanidine groups is 1. The van der Waals surface area contributed by atoms with Crippen LogP contribution in [-0.4, -0.2) is 67.5 Å². The summed E-state index contributed by atoms with van der Waals surface area (Å²) in [5.74, 6) is 2.39. The van der Waals surface area contributed by atoms with E-state index in [-0.39, 0.29) is 24.4 Å². The highest BCUT2D eigenvalue weighted by Gasteiger charge is 2.26. The molecule has 1 saturated heterocycles. The van der Waals surface area contributed by atoms with Crippen molar-refractivity contribution in [3.63, 3.8) is 0 Å². The normalized spacial score (nSPS) is 24.1. The van der Waals surface area contributed by atoms with Gasteiger partial charge in [0.05, 0.1) is 0 Å². The minimum atomic E-state index is -0.138. The largest absolute Gasteiger partial charge is 0.402 e. The van der Waals surface area contributed by atoms with Crippen molar-refractivity contribution >= 4 is 11.7 Å². The Bertz CT molecular complexity index is 872. The lowest BCUT2D eigenvalue weighted by molar-refractivity contribution is -0.113. The molecule has 5 N–H and O–H groups in total. The lowest BCUT2D eigenvalue weighted by atomic mass is 10.1. The van der Waals surface area contributed by atoms with Crippen molar-refractivity contribution in [1.29, 1.82) is 0 Å². The molecule has 8 heteroatoms. The molecule has 2 heterocycles. The maximum absolute atomic E-state index is 12.4. The molecule has 1 unspecified atom stereocenters. The zero-order chi connectivity index (χ0) is 24.7. The molecule has 3 aliphatic rings. The minimum absolute atomic E-state index is 0.0452. The van der Waals surface area contributed by atoms with E-state index >= 15 is 0 Å². The summed E-state index contributed by atoms with van der Waals surface area (Å²) in [6, 6.07) is 0. The van der Waals surface area contributed by atoms with Crippen LogP contribution in [0, 0.1) is 11.8 Å². The van der Waals surface area contributed by atoms with Gasteiger partial charge in [-0.3, -0.25) is 4.79 Å². The van der Waals surface area contributed by atoms with E-state index in [1.165, 1.54) is 24.5 Å². The van der Waals surface area contributed by atoms with E-state index in [0.29, 0.717) is 11.7 Å². The monoisotopic (exact) mass is 469 g/mol. The van der Waals surface area contributed by atoms with E-state index < -0.39 is 0 Å². The molecule has 0 amide bonds. The molecular formula is C26H43N7O. The number of likely N-dealkylation sites (N-methyl/N-ethyl adjacent to an activating group) is 1. The Balaban J connectivity index is 1.75. The van der Waals surface area contributed by atoms with Gasteiger partial charge in [0.15, 0.2) is 11.7 Å². The van der Waals surface area contributed by atoms with Crippen LogP contribution in [0.4, 0.5) is 0 Å². The number of carbonyl (C=O) groups is 1. The van der Waals surface area contributed by atoms with E-state index in [1.807, 2.05) is 13.8 Å². The Kier molecular flexibility index (Phi) is 9.21. The Hall–Kier alpha value is -2.74. The second kappa shape index (κ2) is 12.1. The van der Waals surface area contributed by atoms with Gasteiger partial charge in [-0.1, -0.05) is 32.4 Å². The van der Waals surface area contributed by atoms with E-state index in [2.05, 4.69) is 69.9 Å². The molecule has 2 aliphatic heterocycles. The molecule has 0 bridgehead atoms. The number of carbonyl (C=O) groups excluding carboxylic acids is 1. The number of nitrogens with two attached hydrogens (primary N) is 1. The highest BCUT2D eigenvalue weighted by molar-refractivity contribution is 5.94. The molecule has 188 valence electrons. The molecule has 1 aliphatic carbocycles. The molecule has 34 heavy (non-hydrogen) atoms. The van der Waals surface area contributed by atoms with Crippen molar-refractivity contribution in [2.75, 3.05) is 39.8 Å². The van der Waals surface area contributed by atoms with Crippen molar-refractivity contribution in [3.8, 4) is 0 Å². The number of hydrogen-bond acceptors (Lipinski definition) is 6. The molecule has 8 nitrogen and oxygen atoms in total. The smallest absolute Gasteiger partial charge is 0.199 e. The molecule has 0 aromatic heterocycles. The van der Waals surface area contributed by atoms with Crippen LogP contribution in [0.2, 0.25) is 0 Å². The molecular weight excluding hydrogens is 426 g/mol. The first-order valence-electron chi connectivity index (χ1n) is 12.7. The molecule has 0 radical (unpaired) electrons. The average molecular weight is 470 g/mol. The molecule has 2 fully saturated rings. The van der Waals surface area contributed by atoms with Crippen molar-refractivity contribution in [2.24, 2.45) is 22.6 Å². The fourth-order valence-corrected chi connectivity index (χ4v) is 4.05. The number of aliphatic imine (C=N–C) groups is 1. The fourth-order valence-electron chi connectivity index (χ4n) is 4.05. The van der Waals surface area contributed by atoms with Gasteiger partial charge < -0.3 is 31.5 Å². The molecule has 0 spiro atoms. The number of hydrogen-bond donors (Lipinski definition) is 4. The highest BCUT2D eigenvalue weighted by atomic mass is 16.1. The Morgan fingerprint density at radius 2 is 1.97 bits per heavy atom. The first-order valence-corrected chi connectivity index (χ1v) is 12.7. The summed E-state index contributed by atoms with van der Waals surface area (Å²) in [7, 11) is 2.15. The average Bonchev–Trinajstić information content (AvgIpc) is 3.66. The van der Waals surface area contributed by atoms with Crippen LogP contribution in [0.15, 0.2) is 52.1 Å². The fraction of sp³-hybridized carbons (Fsp3) is 0.615. The van der Waals surface area contributed by atoms with Gasteiger partial charge in [0.1, 0.15) is 18.5 Å². The van der Waals surface area contributed by atoms with Gasteiger partial charge in [-0.05, 0) is 57.2 Å². The van der Waals surface area contributed by atoms with Crippen LogP contribution in [0.25, 0.3) is 0 Å². The third kappa shape index (κ3) is 7.65. The predicted molar refractivity (Wildman–Crippen MR) is 140 cm³/mol. The van der Waals surface area contributed by atoms with E-state index in [0.717, 1.165) is 50.0 Å². The van der Waals surface area contributed by atoms with Crippen molar-refractivity contribution in [2.45, 2.75) is 53.1 Å². The SMILES string of the molecule is CC=C(/C=C(\CC)C1CC1)NC1C=C(N2CCN(C)CC2)NC(=NCC(=O)/C=C(\N)C(C)C)N1. The quantitative estimate of drug-likeness (QED) is 0.288. The van der Waals surface area contributed by atoms with Crippen molar-refractivity contribution in [3.05, 3.63) is 47.1 Å². The van der Waals surface area contributed by atoms with Gasteiger partial charge in [-0.2, -0.15) is 0 Å². The third-order valence-electron chi connectivity index (χ3n) is 6.58. The maximum atomic E-state index is 12.4. The first kappa shape index (κ1) is 25.9. The van der Waals surface area contributed by atoms with Gasteiger partial charge in [-0.25, -0.2) is 4.99 Å². The Labute approximate surface area is 205 Å². The second-order valence-electron chi connectivity index (χ2n) is 9.75. The Morgan fingerprint density at radius 1 is 1.26 bits per heavy atom. The molecule has 0 aromatic carbocycles. The summed E-state index contributed by atoms with van der Waals surface area (Å²) in [6.07, 6.45) is 11.6. The zero-order valence-electron chi connectivity index (χ0n) is 21.5. The molecule has 3 rings (SSSR count). The number of ketones is 1. The van der Waals surface area contributed by atoms with Crippen LogP contribution >= 0.6 is 0 Å². The van der Waals surface area contributed by atoms with E-state index in [4.69, 9.17) is 5.73 Å². The number of piperazine rings is 1. The number of allylic oxidation sites excluding steroid dienone is 4. The van der Waals surface area contributed by atoms with Gasteiger partial charge in [0.25, 0.3) is 0 Å². The maximum Gasteiger partial charge on any atom is 0.199 e. The molecule has 1 saturated carbocycles. The van der Waals surface area contributed by atoms with E-state index in [1.54, 1.807) is 0 Å². The lowest BCUT2D eigenvalue weighted by Crippen LogP contribution is -2.57. The summed E-state index contributed by atoms with van der Waals surface area (Å²) in [5, 5.41) is 10.4. The standard InChI is InChI=1S/C26H43N7O/c1-6-19(20-8-9-20)14-21(7-2)29-24-16-25(33-12-10-32(5)11-13-33)31-26(30-24)28-17-22(34)15-23(27)18(3)4/h7,14-16,18,20,24,29H,6,8-13,17,27H2,1-5H3,(H2,28,30,31)/b19-14+,21-7?,23-15-. The van der Waals surface area contributed by atoms with Gasteiger partial charge in [-0.15, -0.1) is 0 Å². The summed E-state index contributed by atoms with van der Waals surface area (Å²) < 4.78 is 0. The highest BCUT2D eigenvalue weighted by Crippen LogP contribution is 2.38. The van der Waals surface area contributed by atoms with Crippen LogP contribution in [0.5, 0.6) is 0 Å². The topological polar surface area (TPSA) is 98.0 Å². The van der Waals surface area contributed by atoms with Gasteiger partial charge >= 0.3 is 0 Å². The summed E-state index contributed by atoms with van der Waals surface area (Å²) in [5.41, 5.74) is 9.13. The predicted octanol–water partition coefficient (Wildman–Crippen LogP) is 2.26. The van der Waals surface area contributed by atoms with Gasteiger partial charge in [0.2, 0.25) is 0 Å². The van der Waals surface area contributed by atoms with Crippen LogP contribution in [0.3, 0.4) is 0 Å². The Morgan fingerprint density at radius 3 is 2.56 bits per heavy atom. The summed E-state index contributed by atoms with van der Waals surface area (Å²) in [6.45, 7) is 12.2. The summed E-state index contributed by atoms with van der Waals surface area (Å²) >= 11 is 0. The third-order valence-corrected chi connectivity index (χ3v) is 6.58. The minimum Gasteiger partial charge on any atom is -0.402 e. The van der Waals surface area contributed by atoms with Crippen LogP contribution in [-0.2, 0) is 4.79 Å². The van der Waals surface area contributed by atoms with Crippen LogP contribution in [0.1, 0.15) is 47.0 Å². The number of nitrogens with zero attached hydrogens (tertiary/aromatic N) is 3. The lowest BCUT2D eigenvalue weighted by Gasteiger charge is -2.38. The number of rotatable bonds is 10. The summed E-state index contributed by atoms with van der Waals surface area (Å²) in [4.78, 5) is 21.6. The first-order chi connectivity index (χ1) is 16.3. The van der Waals surface area contributed by atoms with Crippen LogP contribution < -0.4 is 21.7 Å². The molecule has 0 aromatic rings. The van der Waals surface area contributed by atoms with Crippen molar-refractivity contribution in [1.82, 2.24) is 25.8 Å². The van der Waals surface area contributed by atoms with E-state index in [9.17, 15) is 4.79 Å². The number of nitrogens with one attached hydrogen (secondary N) is 3. The van der Waals surface area contributed by atoms with Crippen molar-refractivity contribution < 1.29 is 4.79 Å². The molecule has 1 atom stereocenters. The second-order valence-corrected chi connectivity index (χ2v) is 9.75. The zero-order valence-corrected chi connectivity index (χ0v) is 21.5. The van der Waals surface area contributed by atoms with Gasteiger partial charge in [0, 0.05) is 43.6 Å².